The number of amides is 1. The van der Waals surface area contributed by atoms with Crippen molar-refractivity contribution in [3.8, 4) is 0 Å². The van der Waals surface area contributed by atoms with Gasteiger partial charge in [-0.15, -0.1) is 11.3 Å². The molecule has 0 fully saturated rings. The molecule has 0 saturated carbocycles. The number of aromatic nitrogens is 1. The summed E-state index contributed by atoms with van der Waals surface area (Å²) < 4.78 is 18.3. The highest BCUT2D eigenvalue weighted by molar-refractivity contribution is 7.13. The highest BCUT2D eigenvalue weighted by Gasteiger charge is 2.15. The predicted molar refractivity (Wildman–Crippen MR) is 93.7 cm³/mol. The number of carbonyl (C=O) groups is 2. The van der Waals surface area contributed by atoms with Crippen LogP contribution < -0.4 is 5.32 Å². The fourth-order valence-corrected chi connectivity index (χ4v) is 2.64. The van der Waals surface area contributed by atoms with Crippen LogP contribution >= 0.6 is 11.3 Å². The van der Waals surface area contributed by atoms with E-state index in [9.17, 15) is 19.1 Å². The Bertz CT molecular complexity index is 946. The maximum atomic E-state index is 12.9. The van der Waals surface area contributed by atoms with E-state index in [-0.39, 0.29) is 11.6 Å². The molecule has 3 aromatic rings. The lowest BCUT2D eigenvalue weighted by atomic mass is 10.1. The zero-order valence-corrected chi connectivity index (χ0v) is 14.1. The summed E-state index contributed by atoms with van der Waals surface area (Å²) in [5.41, 5.74) is 0.820. The first kappa shape index (κ1) is 17.6. The number of aliphatic hydroxyl groups excluding tert-OH is 1. The summed E-state index contributed by atoms with van der Waals surface area (Å²) in [6.07, 6.45) is 2.66. The van der Waals surface area contributed by atoms with E-state index in [4.69, 9.17) is 4.42 Å². The van der Waals surface area contributed by atoms with Crippen molar-refractivity contribution in [1.29, 1.82) is 0 Å². The molecule has 2 aromatic heterocycles. The number of anilines is 1. The van der Waals surface area contributed by atoms with Crippen LogP contribution in [0, 0.1) is 5.82 Å². The van der Waals surface area contributed by atoms with E-state index >= 15 is 0 Å². The van der Waals surface area contributed by atoms with Gasteiger partial charge in [-0.25, -0.2) is 9.37 Å². The molecule has 1 aromatic carbocycles. The summed E-state index contributed by atoms with van der Waals surface area (Å²) in [7, 11) is 0. The molecule has 0 aliphatic rings. The van der Waals surface area contributed by atoms with E-state index in [2.05, 4.69) is 10.3 Å². The summed E-state index contributed by atoms with van der Waals surface area (Å²) in [6, 6.07) is 8.97. The number of ketones is 1. The molecule has 0 unspecified atom stereocenters. The largest absolute Gasteiger partial charge is 0.503 e. The number of carbonyl (C=O) groups excluding carboxylic acids is 2. The van der Waals surface area contributed by atoms with Gasteiger partial charge < -0.3 is 9.52 Å². The average Bonchev–Trinajstić information content (AvgIpc) is 3.29. The summed E-state index contributed by atoms with van der Waals surface area (Å²) in [5.74, 6) is -2.09. The summed E-state index contributed by atoms with van der Waals surface area (Å²) >= 11 is 1.18. The normalized spacial score (nSPS) is 11.3. The molecule has 0 spiro atoms. The number of thiazole rings is 1. The van der Waals surface area contributed by atoms with Gasteiger partial charge in [-0.3, -0.25) is 14.9 Å². The maximum Gasteiger partial charge on any atom is 0.292 e. The summed E-state index contributed by atoms with van der Waals surface area (Å²) in [6.45, 7) is 0. The fraction of sp³-hybridized carbons (Fsp3) is 0.0556. The Morgan fingerprint density at radius 3 is 2.69 bits per heavy atom. The van der Waals surface area contributed by atoms with Crippen LogP contribution in [0.4, 0.5) is 9.52 Å². The fourth-order valence-electron chi connectivity index (χ4n) is 2.12. The van der Waals surface area contributed by atoms with Crippen molar-refractivity contribution >= 4 is 28.2 Å². The topological polar surface area (TPSA) is 92.4 Å². The van der Waals surface area contributed by atoms with Gasteiger partial charge in [0, 0.05) is 24.1 Å². The Morgan fingerprint density at radius 1 is 1.23 bits per heavy atom. The number of rotatable bonds is 6. The van der Waals surface area contributed by atoms with Crippen molar-refractivity contribution in [2.45, 2.75) is 6.42 Å². The third-order valence-corrected chi connectivity index (χ3v) is 4.04. The van der Waals surface area contributed by atoms with Crippen LogP contribution in [-0.4, -0.2) is 21.8 Å². The minimum absolute atomic E-state index is 0.0179. The van der Waals surface area contributed by atoms with E-state index in [1.54, 1.807) is 23.6 Å². The molecule has 1 amide bonds. The van der Waals surface area contributed by atoms with Crippen molar-refractivity contribution in [1.82, 2.24) is 4.98 Å². The van der Waals surface area contributed by atoms with E-state index in [0.717, 1.165) is 11.6 Å². The van der Waals surface area contributed by atoms with Gasteiger partial charge in [0.25, 0.3) is 5.91 Å². The third-order valence-electron chi connectivity index (χ3n) is 3.35. The first-order valence-electron chi connectivity index (χ1n) is 7.50. The standard InChI is InChI=1S/C18H13FN2O4S/c19-12-3-1-11(2-4-12)9-13-5-6-16(25-13)14(22)10-15(23)17(24)21-18-20-7-8-26-18/h1-8,10,23H,9H2,(H,20,21,24). The van der Waals surface area contributed by atoms with Crippen LogP contribution in [0.25, 0.3) is 0 Å². The molecule has 8 heteroatoms. The van der Waals surface area contributed by atoms with Gasteiger partial charge in [0.2, 0.25) is 5.78 Å². The predicted octanol–water partition coefficient (Wildman–Crippen LogP) is 3.73. The molecule has 3 rings (SSSR count). The second kappa shape index (κ2) is 7.75. The van der Waals surface area contributed by atoms with Gasteiger partial charge >= 0.3 is 0 Å². The molecular weight excluding hydrogens is 359 g/mol. The number of benzene rings is 1. The Hall–Kier alpha value is -3.26. The van der Waals surface area contributed by atoms with Crippen molar-refractivity contribution in [3.63, 3.8) is 0 Å². The minimum atomic E-state index is -0.841. The minimum Gasteiger partial charge on any atom is -0.503 e. The summed E-state index contributed by atoms with van der Waals surface area (Å²) in [4.78, 5) is 27.7. The van der Waals surface area contributed by atoms with Gasteiger partial charge in [-0.1, -0.05) is 12.1 Å². The van der Waals surface area contributed by atoms with Crippen LogP contribution in [0.5, 0.6) is 0 Å². The molecule has 0 saturated heterocycles. The van der Waals surface area contributed by atoms with E-state index in [1.165, 1.54) is 35.7 Å². The Morgan fingerprint density at radius 2 is 2.00 bits per heavy atom. The average molecular weight is 372 g/mol. The highest BCUT2D eigenvalue weighted by atomic mass is 32.1. The van der Waals surface area contributed by atoms with E-state index < -0.39 is 17.4 Å². The number of hydrogen-bond donors (Lipinski definition) is 2. The van der Waals surface area contributed by atoms with Crippen molar-refractivity contribution < 1.29 is 23.5 Å². The first-order valence-corrected chi connectivity index (χ1v) is 8.38. The third kappa shape index (κ3) is 4.42. The second-order valence-electron chi connectivity index (χ2n) is 5.25. The molecule has 2 N–H and O–H groups in total. The lowest BCUT2D eigenvalue weighted by Gasteiger charge is -2.00. The molecule has 26 heavy (non-hydrogen) atoms. The molecule has 0 aliphatic heterocycles. The highest BCUT2D eigenvalue weighted by Crippen LogP contribution is 2.16. The second-order valence-corrected chi connectivity index (χ2v) is 6.15. The van der Waals surface area contributed by atoms with Crippen LogP contribution in [0.1, 0.15) is 21.9 Å². The quantitative estimate of drug-likeness (QED) is 0.391. The number of hydrogen-bond acceptors (Lipinski definition) is 6. The first-order chi connectivity index (χ1) is 12.5. The molecule has 0 radical (unpaired) electrons. The number of aliphatic hydroxyl groups is 1. The SMILES string of the molecule is O=C(Nc1nccs1)C(O)=CC(=O)c1ccc(Cc2ccc(F)cc2)o1. The maximum absolute atomic E-state index is 12.9. The molecule has 0 aliphatic carbocycles. The zero-order chi connectivity index (χ0) is 18.5. The van der Waals surface area contributed by atoms with E-state index in [1.807, 2.05) is 0 Å². The van der Waals surface area contributed by atoms with Crippen molar-refractivity contribution in [3.05, 3.63) is 82.7 Å². The lowest BCUT2D eigenvalue weighted by Crippen LogP contribution is -2.15. The van der Waals surface area contributed by atoms with Gasteiger partial charge in [0.05, 0.1) is 0 Å². The lowest BCUT2D eigenvalue weighted by molar-refractivity contribution is -0.115. The van der Waals surface area contributed by atoms with Crippen molar-refractivity contribution in [2.75, 3.05) is 5.32 Å². The zero-order valence-electron chi connectivity index (χ0n) is 13.3. The molecule has 0 atom stereocenters. The van der Waals surface area contributed by atoms with Crippen LogP contribution in [-0.2, 0) is 11.2 Å². The van der Waals surface area contributed by atoms with Gasteiger partial charge in [-0.05, 0) is 29.8 Å². The van der Waals surface area contributed by atoms with Crippen LogP contribution in [0.3, 0.4) is 0 Å². The number of nitrogens with one attached hydrogen (secondary N) is 1. The van der Waals surface area contributed by atoms with Gasteiger partial charge in [0.1, 0.15) is 11.6 Å². The molecular formula is C18H13FN2O4S. The van der Waals surface area contributed by atoms with Crippen LogP contribution in [0.15, 0.2) is 64.2 Å². The van der Waals surface area contributed by atoms with Gasteiger partial charge in [0.15, 0.2) is 16.7 Å². The van der Waals surface area contributed by atoms with E-state index in [0.29, 0.717) is 17.3 Å². The molecule has 132 valence electrons. The molecule has 2 heterocycles. The Balaban J connectivity index is 1.65. The monoisotopic (exact) mass is 372 g/mol. The van der Waals surface area contributed by atoms with Gasteiger partial charge in [-0.2, -0.15) is 0 Å². The number of allylic oxidation sites excluding steroid dienone is 1. The smallest absolute Gasteiger partial charge is 0.292 e. The van der Waals surface area contributed by atoms with Crippen LogP contribution in [0.2, 0.25) is 0 Å². The molecule has 6 nitrogen and oxygen atoms in total. The number of furan rings is 1. The Kier molecular flexibility index (Phi) is 5.23. The Labute approximate surface area is 151 Å². The number of halogens is 1. The molecule has 0 bridgehead atoms. The number of nitrogens with zero attached hydrogens (tertiary/aromatic N) is 1. The van der Waals surface area contributed by atoms with Crippen molar-refractivity contribution in [2.24, 2.45) is 0 Å². The summed E-state index contributed by atoms with van der Waals surface area (Å²) in [5, 5.41) is 14.1.